The van der Waals surface area contributed by atoms with Crippen LogP contribution in [0.25, 0.3) is 0 Å². The van der Waals surface area contributed by atoms with Crippen molar-refractivity contribution < 1.29 is 0 Å². The van der Waals surface area contributed by atoms with Gasteiger partial charge in [0.1, 0.15) is 0 Å². The number of hydrogen-bond donors (Lipinski definition) is 1. The minimum Gasteiger partial charge on any atom is -0.310 e. The predicted octanol–water partition coefficient (Wildman–Crippen LogP) is 5.10. The highest BCUT2D eigenvalue weighted by atomic mass is 79.9. The molecule has 0 aliphatic heterocycles. The number of thiophene rings is 1. The minimum absolute atomic E-state index is 0.408. The van der Waals surface area contributed by atoms with Gasteiger partial charge in [-0.3, -0.25) is 0 Å². The van der Waals surface area contributed by atoms with Crippen LogP contribution >= 0.6 is 27.3 Å². The van der Waals surface area contributed by atoms with Crippen LogP contribution in [0.2, 0.25) is 0 Å². The molecule has 102 valence electrons. The van der Waals surface area contributed by atoms with E-state index in [0.717, 1.165) is 19.4 Å². The molecular formula is C16H20BrNS. The summed E-state index contributed by atoms with van der Waals surface area (Å²) < 4.78 is 1.21. The van der Waals surface area contributed by atoms with E-state index in [1.165, 1.54) is 19.8 Å². The zero-order valence-electron chi connectivity index (χ0n) is 11.4. The SMILES string of the molecule is CCCNC(Cc1ccc(Br)s1)c1cccc(C)c1. The molecule has 0 amide bonds. The third-order valence-corrected chi connectivity index (χ3v) is 4.77. The average molecular weight is 338 g/mol. The zero-order valence-corrected chi connectivity index (χ0v) is 13.9. The first-order chi connectivity index (χ1) is 9.19. The second-order valence-corrected chi connectivity index (χ2v) is 7.38. The highest BCUT2D eigenvalue weighted by molar-refractivity contribution is 9.11. The molecule has 19 heavy (non-hydrogen) atoms. The maximum atomic E-state index is 3.66. The van der Waals surface area contributed by atoms with E-state index in [9.17, 15) is 0 Å². The first kappa shape index (κ1) is 14.8. The van der Waals surface area contributed by atoms with Gasteiger partial charge in [0.05, 0.1) is 3.79 Å². The second kappa shape index (κ2) is 7.22. The van der Waals surface area contributed by atoms with Gasteiger partial charge in [0.2, 0.25) is 0 Å². The fourth-order valence-electron chi connectivity index (χ4n) is 2.18. The molecule has 0 aliphatic rings. The van der Waals surface area contributed by atoms with Gasteiger partial charge in [0, 0.05) is 17.3 Å². The Morgan fingerprint density at radius 3 is 2.74 bits per heavy atom. The van der Waals surface area contributed by atoms with Gasteiger partial charge >= 0.3 is 0 Å². The smallest absolute Gasteiger partial charge is 0.0701 e. The van der Waals surface area contributed by atoms with Gasteiger partial charge in [-0.05, 0) is 53.5 Å². The summed E-state index contributed by atoms with van der Waals surface area (Å²) in [4.78, 5) is 1.42. The standard InChI is InChI=1S/C16H20BrNS/c1-3-9-18-15(11-14-7-8-16(17)19-14)13-6-4-5-12(2)10-13/h4-8,10,15,18H,3,9,11H2,1-2H3. The molecule has 0 aliphatic carbocycles. The van der Waals surface area contributed by atoms with Gasteiger partial charge < -0.3 is 5.32 Å². The number of benzene rings is 1. The lowest BCUT2D eigenvalue weighted by molar-refractivity contribution is 0.532. The number of rotatable bonds is 6. The Labute approximate surface area is 128 Å². The molecule has 0 bridgehead atoms. The van der Waals surface area contributed by atoms with Crippen molar-refractivity contribution >= 4 is 27.3 Å². The maximum absolute atomic E-state index is 3.66. The number of nitrogens with one attached hydrogen (secondary N) is 1. The largest absolute Gasteiger partial charge is 0.310 e. The van der Waals surface area contributed by atoms with Gasteiger partial charge in [0.15, 0.2) is 0 Å². The fourth-order valence-corrected chi connectivity index (χ4v) is 3.70. The summed E-state index contributed by atoms with van der Waals surface area (Å²) in [5.74, 6) is 0. The molecule has 0 radical (unpaired) electrons. The Balaban J connectivity index is 2.15. The molecule has 1 N–H and O–H groups in total. The van der Waals surface area contributed by atoms with E-state index in [2.05, 4.69) is 71.5 Å². The van der Waals surface area contributed by atoms with Crippen molar-refractivity contribution in [3.05, 3.63) is 56.2 Å². The topological polar surface area (TPSA) is 12.0 Å². The Morgan fingerprint density at radius 2 is 2.11 bits per heavy atom. The number of hydrogen-bond acceptors (Lipinski definition) is 2. The van der Waals surface area contributed by atoms with Crippen molar-refractivity contribution in [2.45, 2.75) is 32.7 Å². The van der Waals surface area contributed by atoms with Crippen molar-refractivity contribution in [1.82, 2.24) is 5.32 Å². The van der Waals surface area contributed by atoms with Crippen LogP contribution in [0, 0.1) is 6.92 Å². The summed E-state index contributed by atoms with van der Waals surface area (Å²) in [7, 11) is 0. The molecule has 3 heteroatoms. The van der Waals surface area contributed by atoms with Crippen LogP contribution in [0.5, 0.6) is 0 Å². The lowest BCUT2D eigenvalue weighted by Crippen LogP contribution is -2.23. The quantitative estimate of drug-likeness (QED) is 0.772. The highest BCUT2D eigenvalue weighted by Gasteiger charge is 2.12. The highest BCUT2D eigenvalue weighted by Crippen LogP contribution is 2.27. The van der Waals surface area contributed by atoms with Crippen LogP contribution in [0.3, 0.4) is 0 Å². The van der Waals surface area contributed by atoms with Gasteiger partial charge in [-0.25, -0.2) is 0 Å². The van der Waals surface area contributed by atoms with Gasteiger partial charge in [-0.1, -0.05) is 36.8 Å². The molecule has 1 nitrogen and oxygen atoms in total. The minimum atomic E-state index is 0.408. The molecule has 1 aromatic heterocycles. The lowest BCUT2D eigenvalue weighted by Gasteiger charge is -2.19. The molecule has 0 saturated carbocycles. The normalized spacial score (nSPS) is 12.6. The molecule has 0 saturated heterocycles. The Kier molecular flexibility index (Phi) is 5.61. The molecule has 0 spiro atoms. The van der Waals surface area contributed by atoms with E-state index in [1.807, 2.05) is 11.3 Å². The molecule has 1 unspecified atom stereocenters. The van der Waals surface area contributed by atoms with Crippen LogP contribution in [-0.4, -0.2) is 6.54 Å². The van der Waals surface area contributed by atoms with E-state index in [0.29, 0.717) is 6.04 Å². The summed E-state index contributed by atoms with van der Waals surface area (Å²) in [6.45, 7) is 5.43. The summed E-state index contributed by atoms with van der Waals surface area (Å²) in [5, 5.41) is 3.66. The van der Waals surface area contributed by atoms with E-state index in [-0.39, 0.29) is 0 Å². The molecule has 0 fully saturated rings. The van der Waals surface area contributed by atoms with E-state index >= 15 is 0 Å². The van der Waals surface area contributed by atoms with E-state index in [4.69, 9.17) is 0 Å². The van der Waals surface area contributed by atoms with Gasteiger partial charge in [-0.2, -0.15) is 0 Å². The van der Waals surface area contributed by atoms with Crippen molar-refractivity contribution in [1.29, 1.82) is 0 Å². The molecule has 1 aromatic carbocycles. The Bertz CT molecular complexity index is 521. The van der Waals surface area contributed by atoms with Gasteiger partial charge in [0.25, 0.3) is 0 Å². The van der Waals surface area contributed by atoms with Crippen LogP contribution in [-0.2, 0) is 6.42 Å². The predicted molar refractivity (Wildman–Crippen MR) is 87.9 cm³/mol. The van der Waals surface area contributed by atoms with Crippen molar-refractivity contribution in [2.75, 3.05) is 6.54 Å². The van der Waals surface area contributed by atoms with Crippen LogP contribution < -0.4 is 5.32 Å². The average Bonchev–Trinajstić information content (AvgIpc) is 2.80. The number of halogens is 1. The first-order valence-electron chi connectivity index (χ1n) is 6.73. The third kappa shape index (κ3) is 4.44. The molecule has 2 aromatic rings. The van der Waals surface area contributed by atoms with Crippen molar-refractivity contribution in [3.63, 3.8) is 0 Å². The van der Waals surface area contributed by atoms with Crippen LogP contribution in [0.15, 0.2) is 40.2 Å². The zero-order chi connectivity index (χ0) is 13.7. The monoisotopic (exact) mass is 337 g/mol. The number of aryl methyl sites for hydroxylation is 1. The molecule has 1 heterocycles. The summed E-state index contributed by atoms with van der Waals surface area (Å²) in [6.07, 6.45) is 2.22. The third-order valence-electron chi connectivity index (χ3n) is 3.12. The Hall–Kier alpha value is -0.640. The summed E-state index contributed by atoms with van der Waals surface area (Å²) in [5.41, 5.74) is 2.71. The molecular weight excluding hydrogens is 318 g/mol. The first-order valence-corrected chi connectivity index (χ1v) is 8.34. The summed E-state index contributed by atoms with van der Waals surface area (Å²) in [6, 6.07) is 13.6. The van der Waals surface area contributed by atoms with Crippen molar-refractivity contribution in [3.8, 4) is 0 Å². The van der Waals surface area contributed by atoms with Crippen molar-refractivity contribution in [2.24, 2.45) is 0 Å². The Morgan fingerprint density at radius 1 is 1.26 bits per heavy atom. The second-order valence-electron chi connectivity index (χ2n) is 4.83. The van der Waals surface area contributed by atoms with Gasteiger partial charge in [-0.15, -0.1) is 11.3 Å². The van der Waals surface area contributed by atoms with E-state index < -0.39 is 0 Å². The molecule has 2 rings (SSSR count). The maximum Gasteiger partial charge on any atom is 0.0701 e. The van der Waals surface area contributed by atoms with Crippen LogP contribution in [0.1, 0.15) is 35.4 Å². The summed E-state index contributed by atoms with van der Waals surface area (Å²) >= 11 is 5.37. The fraction of sp³-hybridized carbons (Fsp3) is 0.375. The van der Waals surface area contributed by atoms with E-state index in [1.54, 1.807) is 0 Å². The van der Waals surface area contributed by atoms with Crippen LogP contribution in [0.4, 0.5) is 0 Å². The lowest BCUT2D eigenvalue weighted by atomic mass is 10.0. The molecule has 1 atom stereocenters.